The zero-order valence-electron chi connectivity index (χ0n) is 18.5. The average Bonchev–Trinajstić information content (AvgIpc) is 3.03. The molecule has 1 aliphatic heterocycles. The number of carbonyl (C=O) groups is 3. The molecule has 3 rings (SSSR count). The number of amides is 2. The average molecular weight is 565 g/mol. The minimum absolute atomic E-state index is 0.187. The normalized spacial score (nSPS) is 14.5. The third-order valence-corrected chi connectivity index (χ3v) is 6.90. The number of ether oxygens (including phenoxy) is 2. The first kappa shape index (κ1) is 25.7. The molecule has 0 unspecified atom stereocenters. The number of carbonyl (C=O) groups excluding carboxylic acids is 2. The van der Waals surface area contributed by atoms with Gasteiger partial charge in [0.1, 0.15) is 10.9 Å². The molecular weight excluding hydrogens is 544 g/mol. The summed E-state index contributed by atoms with van der Waals surface area (Å²) in [5.41, 5.74) is 3.44. The van der Waals surface area contributed by atoms with Crippen LogP contribution in [0.25, 0.3) is 6.08 Å². The molecule has 0 bridgehead atoms. The van der Waals surface area contributed by atoms with Gasteiger partial charge >= 0.3 is 5.97 Å². The van der Waals surface area contributed by atoms with Crippen molar-refractivity contribution in [1.82, 2.24) is 4.90 Å². The fourth-order valence-corrected chi connectivity index (χ4v) is 4.83. The number of aryl methyl sites for hydroxylation is 2. The number of thioether (sulfide) groups is 1. The van der Waals surface area contributed by atoms with E-state index in [-0.39, 0.29) is 16.8 Å². The van der Waals surface area contributed by atoms with Crippen LogP contribution in [0.1, 0.15) is 16.7 Å². The van der Waals surface area contributed by atoms with E-state index in [0.29, 0.717) is 27.7 Å². The number of benzene rings is 2. The standard InChI is InChI=1S/C23H21BrN2O6S2/c1-12-6-15(24)16(7-13(12)2)25-20(27)11-32-17-5-4-14(8-18(17)31-3)9-19-22(30)26(10-21(28)29)23(33)34-19/h4-9H,10-11H2,1-3H3,(H,25,27)(H,28,29)/b19-9+. The predicted octanol–water partition coefficient (Wildman–Crippen LogP) is 4.38. The topological polar surface area (TPSA) is 105 Å². The van der Waals surface area contributed by atoms with Crippen LogP contribution >= 0.6 is 39.9 Å². The molecule has 2 amide bonds. The van der Waals surface area contributed by atoms with E-state index >= 15 is 0 Å². The number of hydrogen-bond donors (Lipinski definition) is 2. The molecule has 1 heterocycles. The number of nitrogens with one attached hydrogen (secondary N) is 1. The van der Waals surface area contributed by atoms with Crippen LogP contribution in [0.3, 0.4) is 0 Å². The number of carboxylic acids is 1. The molecule has 1 aliphatic rings. The van der Waals surface area contributed by atoms with Gasteiger partial charge in [0.15, 0.2) is 18.1 Å². The van der Waals surface area contributed by atoms with Gasteiger partial charge in [-0.05, 0) is 76.8 Å². The lowest BCUT2D eigenvalue weighted by Crippen LogP contribution is -2.33. The van der Waals surface area contributed by atoms with Gasteiger partial charge in [0.2, 0.25) is 0 Å². The summed E-state index contributed by atoms with van der Waals surface area (Å²) in [6.45, 7) is 3.23. The number of anilines is 1. The van der Waals surface area contributed by atoms with E-state index < -0.39 is 18.4 Å². The van der Waals surface area contributed by atoms with Crippen LogP contribution in [-0.2, 0) is 14.4 Å². The fourth-order valence-electron chi connectivity index (χ4n) is 3.02. The van der Waals surface area contributed by atoms with Gasteiger partial charge in [0.05, 0.1) is 17.7 Å². The maximum atomic E-state index is 12.5. The van der Waals surface area contributed by atoms with Crippen LogP contribution in [0, 0.1) is 13.8 Å². The summed E-state index contributed by atoms with van der Waals surface area (Å²) in [6, 6.07) is 8.78. The van der Waals surface area contributed by atoms with E-state index in [9.17, 15) is 14.4 Å². The lowest BCUT2D eigenvalue weighted by atomic mass is 10.1. The highest BCUT2D eigenvalue weighted by molar-refractivity contribution is 9.10. The second-order valence-corrected chi connectivity index (χ2v) is 9.86. The maximum absolute atomic E-state index is 12.5. The van der Waals surface area contributed by atoms with E-state index in [2.05, 4.69) is 21.2 Å². The van der Waals surface area contributed by atoms with Crippen molar-refractivity contribution in [1.29, 1.82) is 0 Å². The molecule has 0 radical (unpaired) electrons. The molecule has 2 N–H and O–H groups in total. The van der Waals surface area contributed by atoms with Crippen LogP contribution in [0.2, 0.25) is 0 Å². The summed E-state index contributed by atoms with van der Waals surface area (Å²) >= 11 is 9.58. The first-order valence-corrected chi connectivity index (χ1v) is 12.0. The third-order valence-electron chi connectivity index (χ3n) is 4.87. The van der Waals surface area contributed by atoms with Crippen molar-refractivity contribution in [2.45, 2.75) is 13.8 Å². The summed E-state index contributed by atoms with van der Waals surface area (Å²) in [5.74, 6) is -1.22. The number of carboxylic acid groups (broad SMARTS) is 1. The molecule has 178 valence electrons. The van der Waals surface area contributed by atoms with Crippen LogP contribution < -0.4 is 14.8 Å². The third kappa shape index (κ3) is 6.16. The maximum Gasteiger partial charge on any atom is 0.323 e. The molecule has 1 saturated heterocycles. The number of thiocarbonyl (C=S) groups is 1. The second kappa shape index (κ2) is 11.0. The van der Waals surface area contributed by atoms with Gasteiger partial charge in [-0.25, -0.2) is 0 Å². The fraction of sp³-hybridized carbons (Fsp3) is 0.217. The second-order valence-electron chi connectivity index (χ2n) is 7.33. The molecule has 0 atom stereocenters. The van der Waals surface area contributed by atoms with E-state index in [1.807, 2.05) is 26.0 Å². The zero-order chi connectivity index (χ0) is 25.0. The Morgan fingerprint density at radius 3 is 2.59 bits per heavy atom. The smallest absolute Gasteiger partial charge is 0.323 e. The number of hydrogen-bond acceptors (Lipinski definition) is 7. The Morgan fingerprint density at radius 1 is 1.21 bits per heavy atom. The van der Waals surface area contributed by atoms with E-state index in [1.54, 1.807) is 24.3 Å². The highest BCUT2D eigenvalue weighted by Crippen LogP contribution is 2.34. The molecule has 2 aromatic carbocycles. The highest BCUT2D eigenvalue weighted by atomic mass is 79.9. The van der Waals surface area contributed by atoms with Crippen molar-refractivity contribution >= 4 is 73.8 Å². The minimum Gasteiger partial charge on any atom is -0.493 e. The first-order valence-electron chi connectivity index (χ1n) is 9.93. The summed E-state index contributed by atoms with van der Waals surface area (Å²) in [7, 11) is 1.46. The van der Waals surface area contributed by atoms with E-state index in [4.69, 9.17) is 26.8 Å². The lowest BCUT2D eigenvalue weighted by molar-refractivity contribution is -0.140. The van der Waals surface area contributed by atoms with Crippen LogP contribution in [-0.4, -0.2) is 52.4 Å². The number of halogens is 1. The molecular formula is C23H21BrN2O6S2. The SMILES string of the molecule is COc1cc(/C=C2/SC(=S)N(CC(=O)O)C2=O)ccc1OCC(=O)Nc1cc(C)c(C)cc1Br. The molecule has 0 aliphatic carbocycles. The van der Waals surface area contributed by atoms with Crippen molar-refractivity contribution in [3.63, 3.8) is 0 Å². The summed E-state index contributed by atoms with van der Waals surface area (Å²) in [6.07, 6.45) is 1.59. The van der Waals surface area contributed by atoms with Crippen molar-refractivity contribution < 1.29 is 29.0 Å². The Hall–Kier alpha value is -2.89. The minimum atomic E-state index is -1.14. The molecule has 8 nitrogen and oxygen atoms in total. The summed E-state index contributed by atoms with van der Waals surface area (Å²) in [4.78, 5) is 37.1. The van der Waals surface area contributed by atoms with Crippen molar-refractivity contribution in [2.24, 2.45) is 0 Å². The molecule has 2 aromatic rings. The molecule has 0 saturated carbocycles. The first-order chi connectivity index (χ1) is 16.1. The number of rotatable bonds is 8. The Labute approximate surface area is 214 Å². The van der Waals surface area contributed by atoms with E-state index in [1.165, 1.54) is 7.11 Å². The highest BCUT2D eigenvalue weighted by Gasteiger charge is 2.33. The summed E-state index contributed by atoms with van der Waals surface area (Å²) < 4.78 is 12.0. The lowest BCUT2D eigenvalue weighted by Gasteiger charge is -2.13. The molecule has 0 spiro atoms. The van der Waals surface area contributed by atoms with Gasteiger partial charge in [0, 0.05) is 4.47 Å². The van der Waals surface area contributed by atoms with Crippen molar-refractivity contribution in [2.75, 3.05) is 25.6 Å². The Bertz CT molecular complexity index is 1210. The van der Waals surface area contributed by atoms with Crippen LogP contribution in [0.15, 0.2) is 39.7 Å². The van der Waals surface area contributed by atoms with Gasteiger partial charge in [0.25, 0.3) is 11.8 Å². The van der Waals surface area contributed by atoms with Crippen LogP contribution in [0.4, 0.5) is 5.69 Å². The van der Waals surface area contributed by atoms with Gasteiger partial charge in [-0.3, -0.25) is 19.3 Å². The van der Waals surface area contributed by atoms with E-state index in [0.717, 1.165) is 32.3 Å². The largest absolute Gasteiger partial charge is 0.493 e. The van der Waals surface area contributed by atoms with Gasteiger partial charge < -0.3 is 19.9 Å². The zero-order valence-corrected chi connectivity index (χ0v) is 21.7. The molecule has 0 aromatic heterocycles. The van der Waals surface area contributed by atoms with Crippen LogP contribution in [0.5, 0.6) is 11.5 Å². The Kier molecular flexibility index (Phi) is 8.34. The predicted molar refractivity (Wildman–Crippen MR) is 138 cm³/mol. The monoisotopic (exact) mass is 564 g/mol. The molecule has 34 heavy (non-hydrogen) atoms. The van der Waals surface area contributed by atoms with Crippen molar-refractivity contribution in [3.05, 3.63) is 56.4 Å². The Morgan fingerprint density at radius 2 is 1.91 bits per heavy atom. The van der Waals surface area contributed by atoms with Gasteiger partial charge in [-0.15, -0.1) is 0 Å². The quantitative estimate of drug-likeness (QED) is 0.359. The number of aliphatic carboxylic acids is 1. The number of methoxy groups -OCH3 is 1. The molecule has 1 fully saturated rings. The Balaban J connectivity index is 1.69. The summed E-state index contributed by atoms with van der Waals surface area (Å²) in [5, 5.41) is 11.8. The van der Waals surface area contributed by atoms with Gasteiger partial charge in [-0.2, -0.15) is 0 Å². The van der Waals surface area contributed by atoms with Gasteiger partial charge in [-0.1, -0.05) is 30.0 Å². The van der Waals surface area contributed by atoms with Crippen molar-refractivity contribution in [3.8, 4) is 11.5 Å². The molecule has 11 heteroatoms. The number of nitrogens with zero attached hydrogens (tertiary/aromatic N) is 1.